The van der Waals surface area contributed by atoms with Crippen LogP contribution >= 0.6 is 12.6 Å². The predicted octanol–water partition coefficient (Wildman–Crippen LogP) is 2.42. The monoisotopic (exact) mass is 195 g/mol. The molecule has 13 heavy (non-hydrogen) atoms. The van der Waals surface area contributed by atoms with E-state index in [2.05, 4.69) is 17.6 Å². The van der Waals surface area contributed by atoms with Crippen molar-refractivity contribution < 1.29 is 4.74 Å². The third kappa shape index (κ3) is 3.51. The molecule has 0 aliphatic rings. The minimum absolute atomic E-state index is 0.652. The SMILES string of the molecule is CCOc1ccc(C=CCS)cn1. The molecule has 0 spiro atoms. The van der Waals surface area contributed by atoms with Crippen molar-refractivity contribution in [3.8, 4) is 5.88 Å². The van der Waals surface area contributed by atoms with Crippen LogP contribution in [0, 0.1) is 0 Å². The number of hydrogen-bond donors (Lipinski definition) is 1. The van der Waals surface area contributed by atoms with E-state index in [0.29, 0.717) is 12.5 Å². The van der Waals surface area contributed by atoms with Gasteiger partial charge in [-0.05, 0) is 18.6 Å². The van der Waals surface area contributed by atoms with Crippen LogP contribution < -0.4 is 4.74 Å². The molecule has 70 valence electrons. The van der Waals surface area contributed by atoms with E-state index in [1.165, 1.54) is 0 Å². The number of ether oxygens (including phenoxy) is 1. The fourth-order valence-corrected chi connectivity index (χ4v) is 1.02. The van der Waals surface area contributed by atoms with Crippen LogP contribution in [0.15, 0.2) is 24.4 Å². The van der Waals surface area contributed by atoms with E-state index in [-0.39, 0.29) is 0 Å². The van der Waals surface area contributed by atoms with E-state index in [1.807, 2.05) is 31.2 Å². The van der Waals surface area contributed by atoms with Gasteiger partial charge in [-0.25, -0.2) is 4.98 Å². The Morgan fingerprint density at radius 1 is 1.54 bits per heavy atom. The van der Waals surface area contributed by atoms with E-state index in [9.17, 15) is 0 Å². The summed E-state index contributed by atoms with van der Waals surface area (Å²) < 4.78 is 5.22. The molecular formula is C10H13NOS. The highest BCUT2D eigenvalue weighted by atomic mass is 32.1. The second-order valence-corrected chi connectivity index (χ2v) is 2.81. The van der Waals surface area contributed by atoms with Gasteiger partial charge >= 0.3 is 0 Å². The summed E-state index contributed by atoms with van der Waals surface area (Å²) in [6.45, 7) is 2.59. The Labute approximate surface area is 84.1 Å². The fourth-order valence-electron chi connectivity index (χ4n) is 0.912. The standard InChI is InChI=1S/C10H13NOS/c1-2-12-10-6-5-9(8-11-10)4-3-7-13/h3-6,8,13H,2,7H2,1H3. The van der Waals surface area contributed by atoms with Crippen LogP contribution in [0.25, 0.3) is 6.08 Å². The van der Waals surface area contributed by atoms with Gasteiger partial charge in [0.25, 0.3) is 0 Å². The van der Waals surface area contributed by atoms with Crippen LogP contribution in [0.3, 0.4) is 0 Å². The number of thiol groups is 1. The Kier molecular flexibility index (Phi) is 4.40. The van der Waals surface area contributed by atoms with Crippen molar-refractivity contribution in [2.75, 3.05) is 12.4 Å². The Morgan fingerprint density at radius 3 is 2.92 bits per heavy atom. The number of hydrogen-bond acceptors (Lipinski definition) is 3. The molecular weight excluding hydrogens is 182 g/mol. The average Bonchev–Trinajstić information content (AvgIpc) is 2.17. The number of pyridine rings is 1. The zero-order chi connectivity index (χ0) is 9.52. The van der Waals surface area contributed by atoms with Crippen LogP contribution in [-0.2, 0) is 0 Å². The summed E-state index contributed by atoms with van der Waals surface area (Å²) >= 11 is 4.07. The van der Waals surface area contributed by atoms with Crippen molar-refractivity contribution >= 4 is 18.7 Å². The molecule has 0 bridgehead atoms. The Bertz CT molecular complexity index is 269. The van der Waals surface area contributed by atoms with E-state index in [4.69, 9.17) is 4.74 Å². The van der Waals surface area contributed by atoms with Gasteiger partial charge in [-0.15, -0.1) is 0 Å². The van der Waals surface area contributed by atoms with Crippen molar-refractivity contribution in [1.82, 2.24) is 4.98 Å². The lowest BCUT2D eigenvalue weighted by atomic mass is 10.2. The Balaban J connectivity index is 2.64. The van der Waals surface area contributed by atoms with Crippen molar-refractivity contribution in [2.45, 2.75) is 6.92 Å². The van der Waals surface area contributed by atoms with Crippen molar-refractivity contribution in [2.24, 2.45) is 0 Å². The summed E-state index contributed by atoms with van der Waals surface area (Å²) in [5.41, 5.74) is 1.07. The summed E-state index contributed by atoms with van der Waals surface area (Å²) in [6, 6.07) is 3.83. The van der Waals surface area contributed by atoms with Gasteiger partial charge < -0.3 is 4.74 Å². The van der Waals surface area contributed by atoms with Crippen molar-refractivity contribution in [1.29, 1.82) is 0 Å². The molecule has 1 aromatic rings. The Hall–Kier alpha value is -0.960. The molecule has 0 atom stereocenters. The molecule has 1 heterocycles. The van der Waals surface area contributed by atoms with Crippen molar-refractivity contribution in [3.63, 3.8) is 0 Å². The lowest BCUT2D eigenvalue weighted by Gasteiger charge is -2.00. The maximum Gasteiger partial charge on any atom is 0.213 e. The number of rotatable bonds is 4. The molecule has 0 radical (unpaired) electrons. The average molecular weight is 195 g/mol. The molecule has 0 saturated heterocycles. The lowest BCUT2D eigenvalue weighted by Crippen LogP contribution is -1.93. The summed E-state index contributed by atoms with van der Waals surface area (Å²) in [5, 5.41) is 0. The Morgan fingerprint density at radius 2 is 2.38 bits per heavy atom. The summed E-state index contributed by atoms with van der Waals surface area (Å²) in [6.07, 6.45) is 5.74. The van der Waals surface area contributed by atoms with Gasteiger partial charge in [-0.3, -0.25) is 0 Å². The van der Waals surface area contributed by atoms with Crippen LogP contribution in [0.2, 0.25) is 0 Å². The van der Waals surface area contributed by atoms with Crippen molar-refractivity contribution in [3.05, 3.63) is 30.0 Å². The molecule has 0 aliphatic carbocycles. The molecule has 0 unspecified atom stereocenters. The van der Waals surface area contributed by atoms with Gasteiger partial charge in [0.15, 0.2) is 0 Å². The minimum Gasteiger partial charge on any atom is -0.478 e. The quantitative estimate of drug-likeness (QED) is 0.745. The van der Waals surface area contributed by atoms with Gasteiger partial charge in [0.1, 0.15) is 0 Å². The van der Waals surface area contributed by atoms with Gasteiger partial charge in [0.2, 0.25) is 5.88 Å². The topological polar surface area (TPSA) is 22.1 Å². The first-order valence-corrected chi connectivity index (χ1v) is 4.86. The highest BCUT2D eigenvalue weighted by Gasteiger charge is 1.91. The summed E-state index contributed by atoms with van der Waals surface area (Å²) in [5.74, 6) is 1.42. The van der Waals surface area contributed by atoms with E-state index < -0.39 is 0 Å². The second kappa shape index (κ2) is 5.65. The highest BCUT2D eigenvalue weighted by Crippen LogP contribution is 2.08. The third-order valence-electron chi connectivity index (χ3n) is 1.47. The molecule has 0 N–H and O–H groups in total. The van der Waals surface area contributed by atoms with E-state index in [1.54, 1.807) is 6.20 Å². The molecule has 2 nitrogen and oxygen atoms in total. The van der Waals surface area contributed by atoms with Crippen LogP contribution in [0.1, 0.15) is 12.5 Å². The van der Waals surface area contributed by atoms with Gasteiger partial charge in [0, 0.05) is 18.0 Å². The molecule has 0 aliphatic heterocycles. The first-order valence-electron chi connectivity index (χ1n) is 4.23. The number of nitrogens with zero attached hydrogens (tertiary/aromatic N) is 1. The molecule has 1 rings (SSSR count). The first kappa shape index (κ1) is 10.1. The zero-order valence-corrected chi connectivity index (χ0v) is 8.50. The summed E-state index contributed by atoms with van der Waals surface area (Å²) in [7, 11) is 0. The smallest absolute Gasteiger partial charge is 0.213 e. The predicted molar refractivity (Wildman–Crippen MR) is 58.3 cm³/mol. The molecule has 3 heteroatoms. The normalized spacial score (nSPS) is 10.6. The van der Waals surface area contributed by atoms with E-state index in [0.717, 1.165) is 11.3 Å². The van der Waals surface area contributed by atoms with Gasteiger partial charge in [-0.1, -0.05) is 12.2 Å². The summed E-state index contributed by atoms with van der Waals surface area (Å²) in [4.78, 5) is 4.12. The maximum absolute atomic E-state index is 5.22. The highest BCUT2D eigenvalue weighted by molar-refractivity contribution is 7.80. The van der Waals surface area contributed by atoms with Crippen LogP contribution in [0.5, 0.6) is 5.88 Å². The lowest BCUT2D eigenvalue weighted by molar-refractivity contribution is 0.327. The third-order valence-corrected chi connectivity index (χ3v) is 1.68. The molecule has 0 fully saturated rings. The van der Waals surface area contributed by atoms with Crippen LogP contribution in [-0.4, -0.2) is 17.3 Å². The van der Waals surface area contributed by atoms with Gasteiger partial charge in [0.05, 0.1) is 6.61 Å². The van der Waals surface area contributed by atoms with Gasteiger partial charge in [-0.2, -0.15) is 12.6 Å². The second-order valence-electron chi connectivity index (χ2n) is 2.45. The first-order chi connectivity index (χ1) is 6.36. The molecule has 0 aromatic carbocycles. The maximum atomic E-state index is 5.22. The van der Waals surface area contributed by atoms with Crippen LogP contribution in [0.4, 0.5) is 0 Å². The fraction of sp³-hybridized carbons (Fsp3) is 0.300. The van der Waals surface area contributed by atoms with E-state index >= 15 is 0 Å². The minimum atomic E-state index is 0.652. The molecule has 0 saturated carbocycles. The molecule has 0 amide bonds. The largest absolute Gasteiger partial charge is 0.478 e. The molecule has 1 aromatic heterocycles. The zero-order valence-electron chi connectivity index (χ0n) is 7.60. The number of aromatic nitrogens is 1.